The van der Waals surface area contributed by atoms with Gasteiger partial charge in [-0.2, -0.15) is 0 Å². The molecule has 4 fully saturated rings. The van der Waals surface area contributed by atoms with E-state index in [1.54, 1.807) is 13.2 Å². The van der Waals surface area contributed by atoms with Crippen LogP contribution in [0.4, 0.5) is 0 Å². The highest BCUT2D eigenvalue weighted by Gasteiger charge is 2.54. The molecule has 28 heavy (non-hydrogen) atoms. The summed E-state index contributed by atoms with van der Waals surface area (Å²) >= 11 is 0. The fraction of sp³-hybridized carbons (Fsp3) is 0.435. The van der Waals surface area contributed by atoms with Crippen LogP contribution in [0.25, 0.3) is 0 Å². The maximum Gasteiger partial charge on any atom is 0.254 e. The van der Waals surface area contributed by atoms with E-state index < -0.39 is 0 Å². The third-order valence-electron chi connectivity index (χ3n) is 6.87. The van der Waals surface area contributed by atoms with E-state index in [4.69, 9.17) is 4.74 Å². The molecule has 0 unspecified atom stereocenters. The molecule has 5 nitrogen and oxygen atoms in total. The number of carbonyl (C=O) groups excluding carboxylic acids is 1. The van der Waals surface area contributed by atoms with E-state index in [1.807, 2.05) is 36.4 Å². The van der Waals surface area contributed by atoms with E-state index in [0.717, 1.165) is 31.5 Å². The number of carbonyl (C=O) groups is 1. The molecule has 5 heteroatoms. The number of hydrogen-bond donors (Lipinski definition) is 1. The van der Waals surface area contributed by atoms with Crippen LogP contribution in [0.1, 0.15) is 34.7 Å². The van der Waals surface area contributed by atoms with E-state index in [0.29, 0.717) is 35.6 Å². The van der Waals surface area contributed by atoms with Crippen LogP contribution in [0, 0.1) is 5.92 Å². The summed E-state index contributed by atoms with van der Waals surface area (Å²) < 4.78 is 5.32. The molecule has 0 radical (unpaired) electrons. The maximum absolute atomic E-state index is 13.5. The monoisotopic (exact) mass is 378 g/mol. The largest absolute Gasteiger partial charge is 0.508 e. The second kappa shape index (κ2) is 6.82. The molecule has 3 atom stereocenters. The molecule has 0 saturated carbocycles. The number of rotatable bonds is 3. The summed E-state index contributed by atoms with van der Waals surface area (Å²) in [7, 11) is 1.63. The third kappa shape index (κ3) is 2.76. The maximum atomic E-state index is 13.5. The molecule has 4 saturated heterocycles. The fourth-order valence-corrected chi connectivity index (χ4v) is 5.63. The van der Waals surface area contributed by atoms with Crippen LogP contribution >= 0.6 is 0 Å². The zero-order valence-corrected chi connectivity index (χ0v) is 16.1. The predicted octanol–water partition coefficient (Wildman–Crippen LogP) is 3.10. The van der Waals surface area contributed by atoms with Crippen molar-refractivity contribution in [2.45, 2.75) is 30.8 Å². The molecule has 2 aromatic rings. The Kier molecular flexibility index (Phi) is 4.27. The molecule has 1 N–H and O–H groups in total. The van der Waals surface area contributed by atoms with Crippen LogP contribution in [0.15, 0.2) is 48.5 Å². The Morgan fingerprint density at radius 2 is 1.86 bits per heavy atom. The smallest absolute Gasteiger partial charge is 0.254 e. The molecule has 1 amide bonds. The number of piperidine rings is 3. The van der Waals surface area contributed by atoms with Gasteiger partial charge in [-0.25, -0.2) is 0 Å². The Hall–Kier alpha value is -2.53. The van der Waals surface area contributed by atoms with Crippen LogP contribution in [-0.2, 0) is 0 Å². The predicted molar refractivity (Wildman–Crippen MR) is 107 cm³/mol. The Morgan fingerprint density at radius 3 is 2.61 bits per heavy atom. The van der Waals surface area contributed by atoms with Crippen LogP contribution in [-0.4, -0.2) is 59.6 Å². The van der Waals surface area contributed by atoms with Gasteiger partial charge in [-0.15, -0.1) is 0 Å². The van der Waals surface area contributed by atoms with E-state index in [2.05, 4.69) is 15.9 Å². The van der Waals surface area contributed by atoms with Gasteiger partial charge in [0.25, 0.3) is 5.91 Å². The number of phenols is 1. The van der Waals surface area contributed by atoms with Crippen LogP contribution < -0.4 is 4.74 Å². The molecule has 2 aromatic carbocycles. The zero-order valence-electron chi connectivity index (χ0n) is 16.1. The van der Waals surface area contributed by atoms with Crippen molar-refractivity contribution < 1.29 is 14.6 Å². The highest BCUT2D eigenvalue weighted by atomic mass is 16.5. The van der Waals surface area contributed by atoms with E-state index in [-0.39, 0.29) is 17.9 Å². The van der Waals surface area contributed by atoms with Crippen molar-refractivity contribution in [3.05, 3.63) is 59.7 Å². The number of methoxy groups -OCH3 is 1. The normalized spacial score (nSPS) is 30.9. The van der Waals surface area contributed by atoms with Crippen molar-refractivity contribution in [1.29, 1.82) is 0 Å². The molecule has 6 rings (SSSR count). The standard InChI is InChI=1S/C23H26N2O3/c1-28-19-7-3-5-17(13-19)23(27)25-14-20(16-4-2-6-18(26)12-16)22-21(25)15-8-10-24(22)11-9-15/h2-7,12-13,15,20-22,26H,8-11,14H2,1H3/t20-,21+,22+/m1/s1. The molecule has 2 bridgehead atoms. The molecule has 0 spiro atoms. The second-order valence-electron chi connectivity index (χ2n) is 8.25. The summed E-state index contributed by atoms with van der Waals surface area (Å²) in [5.41, 5.74) is 1.81. The van der Waals surface area contributed by atoms with Gasteiger partial charge in [0.15, 0.2) is 0 Å². The van der Waals surface area contributed by atoms with E-state index in [1.165, 1.54) is 0 Å². The number of benzene rings is 2. The fourth-order valence-electron chi connectivity index (χ4n) is 5.63. The highest BCUT2D eigenvalue weighted by Crippen LogP contribution is 2.47. The lowest BCUT2D eigenvalue weighted by atomic mass is 9.75. The van der Waals surface area contributed by atoms with Gasteiger partial charge in [0.1, 0.15) is 11.5 Å². The molecular weight excluding hydrogens is 352 g/mol. The topological polar surface area (TPSA) is 53.0 Å². The second-order valence-corrected chi connectivity index (χ2v) is 8.25. The van der Waals surface area contributed by atoms with Crippen LogP contribution in [0.5, 0.6) is 11.5 Å². The number of likely N-dealkylation sites (tertiary alicyclic amines) is 1. The van der Waals surface area contributed by atoms with Crippen LogP contribution in [0.3, 0.4) is 0 Å². The average molecular weight is 378 g/mol. The lowest BCUT2D eigenvalue weighted by molar-refractivity contribution is -0.00342. The zero-order chi connectivity index (χ0) is 19.3. The first kappa shape index (κ1) is 17.6. The Morgan fingerprint density at radius 1 is 1.07 bits per heavy atom. The molecular formula is C23H26N2O3. The number of phenolic OH excluding ortho intramolecular Hbond substituents is 1. The minimum absolute atomic E-state index is 0.0882. The van der Waals surface area contributed by atoms with Gasteiger partial charge in [0.05, 0.1) is 13.2 Å². The lowest BCUT2D eigenvalue weighted by Crippen LogP contribution is -2.60. The summed E-state index contributed by atoms with van der Waals surface area (Å²) in [5.74, 6) is 1.88. The molecule has 4 aliphatic heterocycles. The summed E-state index contributed by atoms with van der Waals surface area (Å²) in [4.78, 5) is 18.2. The summed E-state index contributed by atoms with van der Waals surface area (Å²) in [6.45, 7) is 2.92. The van der Waals surface area contributed by atoms with Gasteiger partial charge < -0.3 is 14.7 Å². The van der Waals surface area contributed by atoms with Gasteiger partial charge in [-0.05, 0) is 67.7 Å². The average Bonchev–Trinajstić information content (AvgIpc) is 3.17. The van der Waals surface area contributed by atoms with E-state index in [9.17, 15) is 9.90 Å². The van der Waals surface area contributed by atoms with Crippen molar-refractivity contribution in [2.24, 2.45) is 5.92 Å². The van der Waals surface area contributed by atoms with Crippen LogP contribution in [0.2, 0.25) is 0 Å². The van der Waals surface area contributed by atoms with Crippen molar-refractivity contribution in [2.75, 3.05) is 26.7 Å². The summed E-state index contributed by atoms with van der Waals surface area (Å²) in [6.07, 6.45) is 2.33. The molecule has 0 aliphatic carbocycles. The molecule has 4 aliphatic rings. The number of nitrogens with zero attached hydrogens (tertiary/aromatic N) is 2. The van der Waals surface area contributed by atoms with Gasteiger partial charge in [0.2, 0.25) is 0 Å². The van der Waals surface area contributed by atoms with Crippen molar-refractivity contribution in [3.8, 4) is 11.5 Å². The third-order valence-corrected chi connectivity index (χ3v) is 6.87. The number of hydrogen-bond acceptors (Lipinski definition) is 4. The van der Waals surface area contributed by atoms with Gasteiger partial charge in [-0.1, -0.05) is 18.2 Å². The van der Waals surface area contributed by atoms with Crippen molar-refractivity contribution in [1.82, 2.24) is 9.80 Å². The van der Waals surface area contributed by atoms with Crippen molar-refractivity contribution in [3.63, 3.8) is 0 Å². The number of ether oxygens (including phenoxy) is 1. The highest BCUT2D eigenvalue weighted by molar-refractivity contribution is 5.95. The molecule has 4 heterocycles. The van der Waals surface area contributed by atoms with Gasteiger partial charge in [-0.3, -0.25) is 9.69 Å². The van der Waals surface area contributed by atoms with Gasteiger partial charge >= 0.3 is 0 Å². The minimum atomic E-state index is 0.0882. The van der Waals surface area contributed by atoms with Gasteiger partial charge in [0, 0.05) is 24.1 Å². The first-order chi connectivity index (χ1) is 13.7. The summed E-state index contributed by atoms with van der Waals surface area (Å²) in [6, 6.07) is 15.6. The minimum Gasteiger partial charge on any atom is -0.508 e. The first-order valence-electron chi connectivity index (χ1n) is 10.1. The number of amides is 1. The first-order valence-corrected chi connectivity index (χ1v) is 10.1. The molecule has 146 valence electrons. The Balaban J connectivity index is 1.52. The SMILES string of the molecule is COc1cccc(C(=O)N2C[C@H](c3cccc(O)c3)[C@H]3[C@@H]2C2CCN3CC2)c1. The number of aromatic hydroxyl groups is 1. The molecule has 0 aromatic heterocycles. The number of fused-ring (bicyclic) bond motifs is 2. The van der Waals surface area contributed by atoms with Crippen molar-refractivity contribution >= 4 is 5.91 Å². The lowest BCUT2D eigenvalue weighted by Gasteiger charge is -2.51. The van der Waals surface area contributed by atoms with E-state index >= 15 is 0 Å². The Labute approximate surface area is 165 Å². The summed E-state index contributed by atoms with van der Waals surface area (Å²) in [5, 5.41) is 10.0. The Bertz CT molecular complexity index is 891. The quantitative estimate of drug-likeness (QED) is 0.892.